The summed E-state index contributed by atoms with van der Waals surface area (Å²) in [5.41, 5.74) is -0.441. The first-order valence-corrected chi connectivity index (χ1v) is 14.6. The number of pyridine rings is 1. The Balaban J connectivity index is 1.38. The van der Waals surface area contributed by atoms with Crippen molar-refractivity contribution in [2.75, 3.05) is 19.8 Å². The van der Waals surface area contributed by atoms with Crippen molar-refractivity contribution in [3.8, 4) is 0 Å². The van der Waals surface area contributed by atoms with E-state index in [1.54, 1.807) is 29.7 Å². The van der Waals surface area contributed by atoms with Gasteiger partial charge in [0.2, 0.25) is 21.4 Å². The van der Waals surface area contributed by atoms with E-state index in [0.717, 1.165) is 9.87 Å². The number of hydrogen-bond donors (Lipinski definition) is 0. The van der Waals surface area contributed by atoms with Gasteiger partial charge in [-0.2, -0.15) is 4.31 Å². The van der Waals surface area contributed by atoms with Crippen LogP contribution in [0.25, 0.3) is 0 Å². The monoisotopic (exact) mass is 558 g/mol. The number of carbonyl (C=O) groups excluding carboxylic acids is 2. The van der Waals surface area contributed by atoms with Gasteiger partial charge >= 0.3 is 11.9 Å². The summed E-state index contributed by atoms with van der Waals surface area (Å²) in [6.45, 7) is 4.51. The van der Waals surface area contributed by atoms with Gasteiger partial charge < -0.3 is 23.5 Å². The van der Waals surface area contributed by atoms with Crippen molar-refractivity contribution in [3.63, 3.8) is 0 Å². The van der Waals surface area contributed by atoms with E-state index in [-0.39, 0.29) is 47.6 Å². The minimum absolute atomic E-state index is 0.0143. The predicted octanol–water partition coefficient (Wildman–Crippen LogP) is 1.82. The molecule has 5 heterocycles. The van der Waals surface area contributed by atoms with E-state index in [1.165, 1.54) is 12.1 Å². The van der Waals surface area contributed by atoms with Gasteiger partial charge in [-0.1, -0.05) is 24.6 Å². The standard InChI is InChI=1S/C27H30N2O9S/c1-3-26(38-24(31)21-5-4-11-29(21)39(33,34)18-8-6-17(2)7-9-18)20-15-22-27(36-13-14-37-27)10-12-28(22)23(30)19(20)16-35-25(26)32/h6-9,15,21H,3-5,10-14,16H2,1-2H3/t21-,26+/m1/s1. The third-order valence-electron chi connectivity index (χ3n) is 8.20. The highest BCUT2D eigenvalue weighted by atomic mass is 32.2. The predicted molar refractivity (Wildman–Crippen MR) is 135 cm³/mol. The average Bonchev–Trinajstić information content (AvgIpc) is 3.68. The molecule has 4 aliphatic heterocycles. The number of aryl methyl sites for hydroxylation is 1. The minimum atomic E-state index is -3.99. The second-order valence-electron chi connectivity index (χ2n) is 10.3. The molecule has 0 saturated carbocycles. The Hall–Kier alpha value is -3.06. The second-order valence-corrected chi connectivity index (χ2v) is 12.2. The van der Waals surface area contributed by atoms with Crippen LogP contribution in [0, 0.1) is 6.92 Å². The van der Waals surface area contributed by atoms with Crippen LogP contribution in [0.1, 0.15) is 55.0 Å². The normalized spacial score (nSPS) is 25.9. The summed E-state index contributed by atoms with van der Waals surface area (Å²) >= 11 is 0. The molecule has 1 aromatic heterocycles. The summed E-state index contributed by atoms with van der Waals surface area (Å²) in [6, 6.07) is 6.93. The van der Waals surface area contributed by atoms with Gasteiger partial charge in [0.1, 0.15) is 12.6 Å². The molecule has 0 radical (unpaired) electrons. The molecule has 12 heteroatoms. The minimum Gasteiger partial charge on any atom is -0.457 e. The second kappa shape index (κ2) is 9.26. The molecule has 0 amide bonds. The van der Waals surface area contributed by atoms with E-state index in [9.17, 15) is 22.8 Å². The van der Waals surface area contributed by atoms with Gasteiger partial charge in [-0.3, -0.25) is 9.59 Å². The maximum atomic E-state index is 13.7. The molecule has 11 nitrogen and oxygen atoms in total. The number of nitrogens with zero attached hydrogens (tertiary/aromatic N) is 2. The number of carbonyl (C=O) groups is 2. The topological polar surface area (TPSA) is 130 Å². The first-order chi connectivity index (χ1) is 18.6. The van der Waals surface area contributed by atoms with Crippen molar-refractivity contribution >= 4 is 22.0 Å². The smallest absolute Gasteiger partial charge is 0.355 e. The number of sulfonamides is 1. The zero-order valence-electron chi connectivity index (χ0n) is 21.8. The molecule has 2 aromatic rings. The van der Waals surface area contributed by atoms with Gasteiger partial charge in [-0.05, 0) is 44.4 Å². The van der Waals surface area contributed by atoms with Crippen LogP contribution in [-0.4, -0.2) is 55.0 Å². The van der Waals surface area contributed by atoms with Crippen LogP contribution >= 0.6 is 0 Å². The lowest BCUT2D eigenvalue weighted by atomic mass is 9.85. The molecule has 39 heavy (non-hydrogen) atoms. The third kappa shape index (κ3) is 3.87. The molecular formula is C27H30N2O9S. The van der Waals surface area contributed by atoms with Gasteiger partial charge in [-0.25, -0.2) is 13.2 Å². The first kappa shape index (κ1) is 26.2. The number of cyclic esters (lactones) is 1. The van der Waals surface area contributed by atoms with E-state index in [4.69, 9.17) is 18.9 Å². The molecule has 0 aliphatic carbocycles. The number of fused-ring (bicyclic) bond motifs is 3. The zero-order chi connectivity index (χ0) is 27.6. The molecule has 0 N–H and O–H groups in total. The lowest BCUT2D eigenvalue weighted by molar-refractivity contribution is -0.191. The zero-order valence-corrected chi connectivity index (χ0v) is 22.6. The molecule has 4 aliphatic rings. The fraction of sp³-hybridized carbons (Fsp3) is 0.519. The van der Waals surface area contributed by atoms with E-state index in [1.807, 2.05) is 6.92 Å². The van der Waals surface area contributed by atoms with Gasteiger partial charge in [0.15, 0.2) is 0 Å². The van der Waals surface area contributed by atoms with Gasteiger partial charge in [0.05, 0.1) is 29.4 Å². The number of benzene rings is 1. The number of esters is 2. The average molecular weight is 559 g/mol. The summed E-state index contributed by atoms with van der Waals surface area (Å²) in [7, 11) is -3.99. The van der Waals surface area contributed by atoms with Crippen molar-refractivity contribution in [1.29, 1.82) is 0 Å². The van der Waals surface area contributed by atoms with Gasteiger partial charge in [0.25, 0.3) is 5.56 Å². The summed E-state index contributed by atoms with van der Waals surface area (Å²) in [5, 5.41) is 0. The third-order valence-corrected chi connectivity index (χ3v) is 10.1. The van der Waals surface area contributed by atoms with E-state index < -0.39 is 39.4 Å². The number of ether oxygens (including phenoxy) is 4. The highest BCUT2D eigenvalue weighted by molar-refractivity contribution is 7.89. The van der Waals surface area contributed by atoms with Crippen LogP contribution in [0.15, 0.2) is 40.0 Å². The van der Waals surface area contributed by atoms with Crippen LogP contribution in [0.3, 0.4) is 0 Å². The lowest BCUT2D eigenvalue weighted by Gasteiger charge is -2.37. The van der Waals surface area contributed by atoms with Gasteiger partial charge in [0, 0.05) is 25.1 Å². The summed E-state index contributed by atoms with van der Waals surface area (Å²) < 4.78 is 52.7. The van der Waals surface area contributed by atoms with Crippen molar-refractivity contribution < 1.29 is 37.0 Å². The van der Waals surface area contributed by atoms with Gasteiger partial charge in [-0.15, -0.1) is 0 Å². The Kier molecular flexibility index (Phi) is 6.21. The number of hydrogen-bond acceptors (Lipinski definition) is 9. The molecule has 2 saturated heterocycles. The largest absolute Gasteiger partial charge is 0.457 e. The van der Waals surface area contributed by atoms with Crippen LogP contribution in [-0.2, 0) is 63.1 Å². The first-order valence-electron chi connectivity index (χ1n) is 13.2. The quantitative estimate of drug-likeness (QED) is 0.505. The molecule has 2 atom stereocenters. The van der Waals surface area contributed by atoms with Crippen molar-refractivity contribution in [1.82, 2.24) is 8.87 Å². The molecule has 0 bridgehead atoms. The van der Waals surface area contributed by atoms with Crippen molar-refractivity contribution in [2.45, 2.75) is 75.0 Å². The van der Waals surface area contributed by atoms with Crippen LogP contribution in [0.4, 0.5) is 0 Å². The SMILES string of the molecule is CC[C@@]1(OC(=O)[C@H]2CCCN2S(=O)(=O)c2ccc(C)cc2)C(=O)OCc2c1cc1n(c2=O)CCC12OCCO2. The maximum Gasteiger partial charge on any atom is 0.355 e. The Morgan fingerprint density at radius 2 is 1.85 bits per heavy atom. The van der Waals surface area contributed by atoms with E-state index in [2.05, 4.69) is 0 Å². The highest BCUT2D eigenvalue weighted by Gasteiger charge is 2.54. The molecule has 2 fully saturated rings. The summed E-state index contributed by atoms with van der Waals surface area (Å²) in [6.07, 6.45) is 1.12. The number of rotatable bonds is 5. The van der Waals surface area contributed by atoms with Crippen LogP contribution < -0.4 is 5.56 Å². The fourth-order valence-electron chi connectivity index (χ4n) is 6.08. The Labute approximate surface area is 225 Å². The van der Waals surface area contributed by atoms with Crippen LogP contribution in [0.2, 0.25) is 0 Å². The maximum absolute atomic E-state index is 13.7. The lowest BCUT2D eigenvalue weighted by Crippen LogP contribution is -2.51. The number of aromatic nitrogens is 1. The van der Waals surface area contributed by atoms with Crippen molar-refractivity contribution in [3.05, 3.63) is 63.1 Å². The molecule has 1 spiro atoms. The molecule has 0 unspecified atom stereocenters. The molecular weight excluding hydrogens is 528 g/mol. The van der Waals surface area contributed by atoms with Crippen molar-refractivity contribution in [2.24, 2.45) is 0 Å². The molecule has 208 valence electrons. The van der Waals surface area contributed by atoms with E-state index >= 15 is 0 Å². The fourth-order valence-corrected chi connectivity index (χ4v) is 7.72. The Morgan fingerprint density at radius 3 is 2.54 bits per heavy atom. The summed E-state index contributed by atoms with van der Waals surface area (Å²) in [5.74, 6) is -2.76. The molecule has 1 aromatic carbocycles. The van der Waals surface area contributed by atoms with E-state index in [0.29, 0.717) is 38.3 Å². The Morgan fingerprint density at radius 1 is 1.13 bits per heavy atom. The van der Waals surface area contributed by atoms with Crippen LogP contribution in [0.5, 0.6) is 0 Å². The summed E-state index contributed by atoms with van der Waals surface area (Å²) in [4.78, 5) is 40.6. The highest BCUT2D eigenvalue weighted by Crippen LogP contribution is 2.44. The Bertz CT molecular complexity index is 1510. The molecule has 6 rings (SSSR count).